The Labute approximate surface area is 71.0 Å². The second-order valence-corrected chi connectivity index (χ2v) is 2.53. The average Bonchev–Trinajstić information content (AvgIpc) is 2.47. The van der Waals surface area contributed by atoms with Crippen LogP contribution in [0.3, 0.4) is 0 Å². The molecule has 0 atom stereocenters. The molecule has 0 unspecified atom stereocenters. The molecule has 0 aliphatic carbocycles. The molecule has 1 N–H and O–H groups in total. The molecular weight excluding hydrogens is 156 g/mol. The molecular formula is C8H12N2O2. The molecule has 0 fully saturated rings. The van der Waals surface area contributed by atoms with Crippen molar-refractivity contribution in [3.63, 3.8) is 0 Å². The quantitative estimate of drug-likeness (QED) is 0.735. The Morgan fingerprint density at radius 2 is 2.50 bits per heavy atom. The number of hydrogen-bond donors (Lipinski definition) is 1. The van der Waals surface area contributed by atoms with Gasteiger partial charge in [0.2, 0.25) is 0 Å². The lowest BCUT2D eigenvalue weighted by Gasteiger charge is -1.97. The number of carbonyl (C=O) groups is 1. The molecule has 1 amide bonds. The maximum Gasteiger partial charge on any atom is 0.307 e. The Morgan fingerprint density at radius 1 is 1.75 bits per heavy atom. The lowest BCUT2D eigenvalue weighted by atomic mass is 10.4. The lowest BCUT2D eigenvalue weighted by molar-refractivity contribution is 0.0918. The van der Waals surface area contributed by atoms with Crippen LogP contribution in [0.25, 0.3) is 0 Å². The van der Waals surface area contributed by atoms with Gasteiger partial charge in [-0.05, 0) is 13.3 Å². The summed E-state index contributed by atoms with van der Waals surface area (Å²) in [6.45, 7) is 4.39. The first-order chi connectivity index (χ1) is 5.74. The highest BCUT2D eigenvalue weighted by Crippen LogP contribution is 2.00. The number of rotatable bonds is 3. The van der Waals surface area contributed by atoms with Gasteiger partial charge in [-0.25, -0.2) is 4.98 Å². The molecule has 0 aliphatic heterocycles. The summed E-state index contributed by atoms with van der Waals surface area (Å²) in [5.74, 6) is 0.544. The van der Waals surface area contributed by atoms with E-state index >= 15 is 0 Å². The monoisotopic (exact) mass is 168 g/mol. The maximum absolute atomic E-state index is 11.1. The van der Waals surface area contributed by atoms with E-state index in [1.54, 1.807) is 6.92 Å². The fraction of sp³-hybridized carbons (Fsp3) is 0.500. The first kappa shape index (κ1) is 8.77. The van der Waals surface area contributed by atoms with Crippen molar-refractivity contribution in [1.82, 2.24) is 10.3 Å². The Balaban J connectivity index is 2.53. The molecule has 0 radical (unpaired) electrons. The summed E-state index contributed by atoms with van der Waals surface area (Å²) in [4.78, 5) is 14.9. The van der Waals surface area contributed by atoms with Crippen molar-refractivity contribution >= 4 is 5.91 Å². The Bertz CT molecular complexity index is 268. The largest absolute Gasteiger partial charge is 0.438 e. The van der Waals surface area contributed by atoms with Gasteiger partial charge < -0.3 is 9.73 Å². The van der Waals surface area contributed by atoms with Crippen LogP contribution in [0.2, 0.25) is 0 Å². The minimum absolute atomic E-state index is 0.140. The highest BCUT2D eigenvalue weighted by Gasteiger charge is 2.09. The van der Waals surface area contributed by atoms with Crippen LogP contribution in [0.1, 0.15) is 29.8 Å². The zero-order chi connectivity index (χ0) is 8.97. The van der Waals surface area contributed by atoms with Crippen molar-refractivity contribution in [3.8, 4) is 0 Å². The minimum Gasteiger partial charge on any atom is -0.438 e. The Hall–Kier alpha value is -1.32. The van der Waals surface area contributed by atoms with E-state index in [4.69, 9.17) is 4.42 Å². The summed E-state index contributed by atoms with van der Waals surface area (Å²) in [6.07, 6.45) is 2.44. The van der Waals surface area contributed by atoms with Gasteiger partial charge >= 0.3 is 5.91 Å². The van der Waals surface area contributed by atoms with E-state index < -0.39 is 0 Å². The van der Waals surface area contributed by atoms with Crippen LogP contribution < -0.4 is 5.32 Å². The number of nitrogens with one attached hydrogen (secondary N) is 1. The van der Waals surface area contributed by atoms with Gasteiger partial charge in [0, 0.05) is 6.54 Å². The van der Waals surface area contributed by atoms with Crippen LogP contribution in [-0.4, -0.2) is 17.4 Å². The average molecular weight is 168 g/mol. The maximum atomic E-state index is 11.1. The minimum atomic E-state index is -0.245. The molecule has 1 aromatic rings. The number of nitrogens with zero attached hydrogens (tertiary/aromatic N) is 1. The third-order valence-corrected chi connectivity index (χ3v) is 1.35. The lowest BCUT2D eigenvalue weighted by Crippen LogP contribution is -2.24. The first-order valence-corrected chi connectivity index (χ1v) is 3.94. The predicted molar refractivity (Wildman–Crippen MR) is 43.9 cm³/mol. The second-order valence-electron chi connectivity index (χ2n) is 2.53. The van der Waals surface area contributed by atoms with Crippen molar-refractivity contribution < 1.29 is 9.21 Å². The molecule has 0 spiro atoms. The van der Waals surface area contributed by atoms with Crippen LogP contribution in [-0.2, 0) is 0 Å². The Kier molecular flexibility index (Phi) is 2.85. The van der Waals surface area contributed by atoms with Crippen molar-refractivity contribution in [1.29, 1.82) is 0 Å². The van der Waals surface area contributed by atoms with Crippen molar-refractivity contribution in [2.75, 3.05) is 6.54 Å². The van der Waals surface area contributed by atoms with Crippen LogP contribution in [0.15, 0.2) is 10.6 Å². The third-order valence-electron chi connectivity index (χ3n) is 1.35. The summed E-state index contributed by atoms with van der Waals surface area (Å²) in [6, 6.07) is 0. The van der Waals surface area contributed by atoms with Gasteiger partial charge in [0.25, 0.3) is 5.89 Å². The summed E-state index contributed by atoms with van der Waals surface area (Å²) < 4.78 is 5.02. The second kappa shape index (κ2) is 3.90. The van der Waals surface area contributed by atoms with Crippen LogP contribution >= 0.6 is 0 Å². The number of aryl methyl sites for hydroxylation is 1. The smallest absolute Gasteiger partial charge is 0.307 e. The van der Waals surface area contributed by atoms with Crippen LogP contribution in [0.4, 0.5) is 0 Å². The SMILES string of the molecule is CCCNC(=O)c1ncc(C)o1. The molecule has 1 heterocycles. The molecule has 1 rings (SSSR count). The third kappa shape index (κ3) is 2.08. The van der Waals surface area contributed by atoms with Gasteiger partial charge in [-0.1, -0.05) is 6.92 Å². The molecule has 0 aromatic carbocycles. The van der Waals surface area contributed by atoms with Gasteiger partial charge in [0.15, 0.2) is 0 Å². The molecule has 66 valence electrons. The van der Waals surface area contributed by atoms with Crippen molar-refractivity contribution in [3.05, 3.63) is 17.8 Å². The molecule has 4 nitrogen and oxygen atoms in total. The van der Waals surface area contributed by atoms with E-state index in [1.807, 2.05) is 6.92 Å². The van der Waals surface area contributed by atoms with Gasteiger partial charge in [-0.15, -0.1) is 0 Å². The standard InChI is InChI=1S/C8H12N2O2/c1-3-4-9-7(11)8-10-5-6(2)12-8/h5H,3-4H2,1-2H3,(H,9,11). The molecule has 0 saturated heterocycles. The summed E-state index contributed by atoms with van der Waals surface area (Å²) >= 11 is 0. The summed E-state index contributed by atoms with van der Waals surface area (Å²) in [5.41, 5.74) is 0. The zero-order valence-corrected chi connectivity index (χ0v) is 7.26. The van der Waals surface area contributed by atoms with Crippen LogP contribution in [0.5, 0.6) is 0 Å². The van der Waals surface area contributed by atoms with Crippen molar-refractivity contribution in [2.45, 2.75) is 20.3 Å². The summed E-state index contributed by atoms with van der Waals surface area (Å²) in [5, 5.41) is 2.67. The van der Waals surface area contributed by atoms with E-state index in [0.717, 1.165) is 6.42 Å². The first-order valence-electron chi connectivity index (χ1n) is 3.94. The molecule has 0 aliphatic rings. The normalized spacial score (nSPS) is 9.83. The Morgan fingerprint density at radius 3 is 3.00 bits per heavy atom. The highest BCUT2D eigenvalue weighted by molar-refractivity contribution is 5.89. The molecule has 0 bridgehead atoms. The number of amides is 1. The number of oxazole rings is 1. The van der Waals surface area contributed by atoms with Gasteiger partial charge in [-0.3, -0.25) is 4.79 Å². The molecule has 0 saturated carbocycles. The van der Waals surface area contributed by atoms with Gasteiger partial charge in [-0.2, -0.15) is 0 Å². The fourth-order valence-corrected chi connectivity index (χ4v) is 0.774. The number of hydrogen-bond acceptors (Lipinski definition) is 3. The molecule has 1 aromatic heterocycles. The van der Waals surface area contributed by atoms with Crippen molar-refractivity contribution in [2.24, 2.45) is 0 Å². The van der Waals surface area contributed by atoms with E-state index in [1.165, 1.54) is 6.20 Å². The van der Waals surface area contributed by atoms with Gasteiger partial charge in [0.1, 0.15) is 5.76 Å². The van der Waals surface area contributed by atoms with Gasteiger partial charge in [0.05, 0.1) is 6.20 Å². The topological polar surface area (TPSA) is 55.1 Å². The fourth-order valence-electron chi connectivity index (χ4n) is 0.774. The van der Waals surface area contributed by atoms with E-state index in [9.17, 15) is 4.79 Å². The number of aromatic nitrogens is 1. The van der Waals surface area contributed by atoms with E-state index in [2.05, 4.69) is 10.3 Å². The molecule has 4 heteroatoms. The van der Waals surface area contributed by atoms with E-state index in [-0.39, 0.29) is 11.8 Å². The number of carbonyl (C=O) groups excluding carboxylic acids is 1. The predicted octanol–water partition coefficient (Wildman–Crippen LogP) is 1.12. The molecule has 12 heavy (non-hydrogen) atoms. The van der Waals surface area contributed by atoms with E-state index in [0.29, 0.717) is 12.3 Å². The zero-order valence-electron chi connectivity index (χ0n) is 7.26. The summed E-state index contributed by atoms with van der Waals surface area (Å²) in [7, 11) is 0. The van der Waals surface area contributed by atoms with Crippen LogP contribution in [0, 0.1) is 6.92 Å². The highest BCUT2D eigenvalue weighted by atomic mass is 16.4.